The Morgan fingerprint density at radius 1 is 1.15 bits per heavy atom. The van der Waals surface area contributed by atoms with Gasteiger partial charge in [0.15, 0.2) is 0 Å². The number of carbonyl (C=O) groups is 1. The Kier molecular flexibility index (Phi) is 3.53. The molecule has 0 atom stereocenters. The molecule has 1 aromatic heterocycles. The van der Waals surface area contributed by atoms with Gasteiger partial charge in [0, 0.05) is 6.20 Å². The van der Waals surface area contributed by atoms with Crippen molar-refractivity contribution < 1.29 is 18.0 Å². The zero-order chi connectivity index (χ0) is 14.9. The number of nitrogens with zero attached hydrogens (tertiary/aromatic N) is 1. The standard InChI is InChI=1S/C15H12F3NO/c1-3-19-12(11-6-4-10(2)5-7-11)8-9-13(19)14(20)15(16,17)18/h3-9H,1H2,2H3. The van der Waals surface area contributed by atoms with Crippen molar-refractivity contribution in [2.75, 3.05) is 0 Å². The molecular weight excluding hydrogens is 267 g/mol. The van der Waals surface area contributed by atoms with Crippen molar-refractivity contribution >= 4 is 12.0 Å². The van der Waals surface area contributed by atoms with Gasteiger partial charge < -0.3 is 4.57 Å². The van der Waals surface area contributed by atoms with Crippen molar-refractivity contribution in [1.82, 2.24) is 4.57 Å². The van der Waals surface area contributed by atoms with E-state index in [2.05, 4.69) is 6.58 Å². The highest BCUT2D eigenvalue weighted by Gasteiger charge is 2.41. The summed E-state index contributed by atoms with van der Waals surface area (Å²) >= 11 is 0. The molecule has 0 amide bonds. The molecule has 0 aliphatic rings. The van der Waals surface area contributed by atoms with Gasteiger partial charge in [-0.2, -0.15) is 13.2 Å². The van der Waals surface area contributed by atoms with Gasteiger partial charge in [0.1, 0.15) is 0 Å². The van der Waals surface area contributed by atoms with Gasteiger partial charge in [-0.3, -0.25) is 4.79 Å². The lowest BCUT2D eigenvalue weighted by Crippen LogP contribution is -2.24. The van der Waals surface area contributed by atoms with E-state index in [9.17, 15) is 18.0 Å². The second-order valence-electron chi connectivity index (χ2n) is 4.35. The number of rotatable bonds is 3. The number of ketones is 1. The molecule has 104 valence electrons. The predicted molar refractivity (Wildman–Crippen MR) is 71.4 cm³/mol. The fourth-order valence-corrected chi connectivity index (χ4v) is 1.93. The zero-order valence-electron chi connectivity index (χ0n) is 10.7. The highest BCUT2D eigenvalue weighted by molar-refractivity contribution is 6.00. The maximum absolute atomic E-state index is 12.5. The first-order chi connectivity index (χ1) is 9.34. The molecule has 0 bridgehead atoms. The molecule has 0 saturated carbocycles. The van der Waals surface area contributed by atoms with Crippen molar-refractivity contribution in [1.29, 1.82) is 0 Å². The molecular formula is C15H12F3NO. The molecule has 0 saturated heterocycles. The Bertz CT molecular complexity index is 651. The minimum atomic E-state index is -4.90. The van der Waals surface area contributed by atoms with E-state index in [4.69, 9.17) is 0 Å². The molecule has 0 unspecified atom stereocenters. The number of Topliss-reactive ketones (excluding diaryl/α,β-unsaturated/α-hetero) is 1. The molecule has 0 fully saturated rings. The van der Waals surface area contributed by atoms with E-state index >= 15 is 0 Å². The Balaban J connectivity index is 2.53. The van der Waals surface area contributed by atoms with Gasteiger partial charge in [0.25, 0.3) is 5.78 Å². The first kappa shape index (κ1) is 14.1. The summed E-state index contributed by atoms with van der Waals surface area (Å²) in [6.07, 6.45) is -3.70. The summed E-state index contributed by atoms with van der Waals surface area (Å²) in [6, 6.07) is 9.90. The summed E-state index contributed by atoms with van der Waals surface area (Å²) in [5.41, 5.74) is 1.81. The number of benzene rings is 1. The number of hydrogen-bond donors (Lipinski definition) is 0. The van der Waals surface area contributed by atoms with Gasteiger partial charge in [-0.1, -0.05) is 36.4 Å². The minimum absolute atomic E-state index is 0.442. The van der Waals surface area contributed by atoms with E-state index in [1.807, 2.05) is 19.1 Å². The van der Waals surface area contributed by atoms with Crippen molar-refractivity contribution in [3.05, 3.63) is 54.2 Å². The number of carbonyl (C=O) groups excluding carboxylic acids is 1. The minimum Gasteiger partial charge on any atom is -0.314 e. The molecule has 0 aliphatic heterocycles. The molecule has 2 rings (SSSR count). The Morgan fingerprint density at radius 3 is 2.25 bits per heavy atom. The number of aryl methyl sites for hydroxylation is 1. The third-order valence-corrected chi connectivity index (χ3v) is 2.94. The van der Waals surface area contributed by atoms with Crippen LogP contribution in [0.1, 0.15) is 16.1 Å². The lowest BCUT2D eigenvalue weighted by molar-refractivity contribution is -0.0889. The predicted octanol–water partition coefficient (Wildman–Crippen LogP) is 4.31. The second-order valence-corrected chi connectivity index (χ2v) is 4.35. The number of hydrogen-bond acceptors (Lipinski definition) is 1. The van der Waals surface area contributed by atoms with Crippen LogP contribution >= 0.6 is 0 Å². The van der Waals surface area contributed by atoms with E-state index in [0.29, 0.717) is 5.69 Å². The fourth-order valence-electron chi connectivity index (χ4n) is 1.93. The zero-order valence-corrected chi connectivity index (χ0v) is 10.7. The summed E-state index contributed by atoms with van der Waals surface area (Å²) < 4.78 is 38.7. The molecule has 0 N–H and O–H groups in total. The van der Waals surface area contributed by atoms with E-state index in [0.717, 1.165) is 21.8 Å². The number of aromatic nitrogens is 1. The van der Waals surface area contributed by atoms with E-state index < -0.39 is 17.7 Å². The lowest BCUT2D eigenvalue weighted by Gasteiger charge is -2.10. The monoisotopic (exact) mass is 279 g/mol. The molecule has 0 radical (unpaired) electrons. The highest BCUT2D eigenvalue weighted by Crippen LogP contribution is 2.28. The molecule has 1 aromatic carbocycles. The molecule has 2 aromatic rings. The van der Waals surface area contributed by atoms with Crippen LogP contribution in [-0.4, -0.2) is 16.5 Å². The number of halogens is 3. The third-order valence-electron chi connectivity index (χ3n) is 2.94. The van der Waals surface area contributed by atoms with Gasteiger partial charge in [-0.05, 0) is 24.6 Å². The average Bonchev–Trinajstić information content (AvgIpc) is 2.81. The molecule has 0 spiro atoms. The topological polar surface area (TPSA) is 22.0 Å². The molecule has 0 aliphatic carbocycles. The van der Waals surface area contributed by atoms with Crippen LogP contribution in [-0.2, 0) is 0 Å². The molecule has 5 heteroatoms. The van der Waals surface area contributed by atoms with Gasteiger partial charge in [0.2, 0.25) is 0 Å². The van der Waals surface area contributed by atoms with Crippen LogP contribution in [0, 0.1) is 6.92 Å². The Hall–Kier alpha value is -2.30. The van der Waals surface area contributed by atoms with Crippen LogP contribution in [0.25, 0.3) is 17.5 Å². The van der Waals surface area contributed by atoms with E-state index in [1.54, 1.807) is 12.1 Å². The highest BCUT2D eigenvalue weighted by atomic mass is 19.4. The lowest BCUT2D eigenvalue weighted by atomic mass is 10.1. The first-order valence-electron chi connectivity index (χ1n) is 5.87. The third kappa shape index (κ3) is 2.52. The van der Waals surface area contributed by atoms with Crippen LogP contribution in [0.2, 0.25) is 0 Å². The van der Waals surface area contributed by atoms with Gasteiger partial charge in [0.05, 0.1) is 11.4 Å². The molecule has 20 heavy (non-hydrogen) atoms. The van der Waals surface area contributed by atoms with Gasteiger partial charge in [-0.25, -0.2) is 0 Å². The maximum atomic E-state index is 12.5. The van der Waals surface area contributed by atoms with Crippen LogP contribution in [0.15, 0.2) is 43.0 Å². The maximum Gasteiger partial charge on any atom is 0.456 e. The van der Waals surface area contributed by atoms with E-state index in [-0.39, 0.29) is 0 Å². The van der Waals surface area contributed by atoms with Crippen molar-refractivity contribution in [2.45, 2.75) is 13.1 Å². The second kappa shape index (κ2) is 5.00. The van der Waals surface area contributed by atoms with Crippen LogP contribution in [0.5, 0.6) is 0 Å². The van der Waals surface area contributed by atoms with Crippen LogP contribution in [0.3, 0.4) is 0 Å². The molecule has 1 heterocycles. The Labute approximate surface area is 114 Å². The molecule has 2 nitrogen and oxygen atoms in total. The largest absolute Gasteiger partial charge is 0.456 e. The van der Waals surface area contributed by atoms with Crippen molar-refractivity contribution in [3.63, 3.8) is 0 Å². The summed E-state index contributed by atoms with van der Waals surface area (Å²) in [5, 5.41) is 0. The Morgan fingerprint density at radius 2 is 1.75 bits per heavy atom. The summed E-state index contributed by atoms with van der Waals surface area (Å²) in [6.45, 7) is 5.39. The normalized spacial score (nSPS) is 11.4. The summed E-state index contributed by atoms with van der Waals surface area (Å²) in [5.74, 6) is -1.88. The van der Waals surface area contributed by atoms with Crippen molar-refractivity contribution in [3.8, 4) is 11.3 Å². The van der Waals surface area contributed by atoms with Crippen LogP contribution < -0.4 is 0 Å². The SMILES string of the molecule is C=Cn1c(C(=O)C(F)(F)F)ccc1-c1ccc(C)cc1. The van der Waals surface area contributed by atoms with E-state index in [1.165, 1.54) is 12.3 Å². The van der Waals surface area contributed by atoms with Gasteiger partial charge in [-0.15, -0.1) is 0 Å². The number of alkyl halides is 3. The van der Waals surface area contributed by atoms with Crippen molar-refractivity contribution in [2.24, 2.45) is 0 Å². The summed E-state index contributed by atoms with van der Waals surface area (Å²) in [4.78, 5) is 11.4. The quantitative estimate of drug-likeness (QED) is 0.767. The smallest absolute Gasteiger partial charge is 0.314 e. The van der Waals surface area contributed by atoms with Crippen LogP contribution in [0.4, 0.5) is 13.2 Å². The average molecular weight is 279 g/mol. The van der Waals surface area contributed by atoms with Gasteiger partial charge >= 0.3 is 6.18 Å². The first-order valence-corrected chi connectivity index (χ1v) is 5.87. The fraction of sp³-hybridized carbons (Fsp3) is 0.133. The summed E-state index contributed by atoms with van der Waals surface area (Å²) in [7, 11) is 0.